The van der Waals surface area contributed by atoms with E-state index in [0.717, 1.165) is 23.1 Å². The number of amides is 1. The van der Waals surface area contributed by atoms with Crippen LogP contribution in [0, 0.1) is 0 Å². The molecule has 1 aromatic heterocycles. The zero-order valence-electron chi connectivity index (χ0n) is 13.7. The predicted octanol–water partition coefficient (Wildman–Crippen LogP) is 1.98. The van der Waals surface area contributed by atoms with E-state index in [0.29, 0.717) is 17.4 Å². The van der Waals surface area contributed by atoms with E-state index in [1.807, 2.05) is 35.2 Å². The molecule has 0 N–H and O–H groups in total. The molecule has 6 heteroatoms. The van der Waals surface area contributed by atoms with Gasteiger partial charge >= 0.3 is 0 Å². The molecule has 1 aliphatic carbocycles. The number of carbonyl (C=O) groups excluding carboxylic acids is 1. The van der Waals surface area contributed by atoms with Crippen LogP contribution in [0.1, 0.15) is 18.4 Å². The molecule has 126 valence electrons. The van der Waals surface area contributed by atoms with E-state index in [2.05, 4.69) is 10.3 Å². The van der Waals surface area contributed by atoms with Crippen LogP contribution in [0.2, 0.25) is 0 Å². The molecule has 4 rings (SSSR count). The van der Waals surface area contributed by atoms with E-state index in [-0.39, 0.29) is 24.1 Å². The summed E-state index contributed by atoms with van der Waals surface area (Å²) in [6, 6.07) is 17.2. The van der Waals surface area contributed by atoms with Gasteiger partial charge in [0.1, 0.15) is 12.1 Å². The van der Waals surface area contributed by atoms with E-state index >= 15 is 0 Å². The summed E-state index contributed by atoms with van der Waals surface area (Å²) in [5.41, 5.74) is 1.34. The summed E-state index contributed by atoms with van der Waals surface area (Å²) in [5, 5.41) is 8.44. The molecule has 3 aromatic rings. The van der Waals surface area contributed by atoms with Gasteiger partial charge in [-0.05, 0) is 30.5 Å². The Balaban J connectivity index is 1.57. The fourth-order valence-corrected chi connectivity index (χ4v) is 2.93. The Morgan fingerprint density at radius 1 is 1.08 bits per heavy atom. The fraction of sp³-hybridized carbons (Fsp3) is 0.263. The SMILES string of the molecule is O=C(Cn1nnc2ccccc2c1=O)N(Cc1ccccc1)C1CC1. The molecule has 1 saturated carbocycles. The Hall–Kier alpha value is -3.02. The Morgan fingerprint density at radius 3 is 2.56 bits per heavy atom. The molecule has 0 aliphatic heterocycles. The first kappa shape index (κ1) is 15.5. The van der Waals surface area contributed by atoms with Gasteiger partial charge in [0.25, 0.3) is 5.56 Å². The van der Waals surface area contributed by atoms with Gasteiger partial charge in [0, 0.05) is 12.6 Å². The van der Waals surface area contributed by atoms with Crippen molar-refractivity contribution in [1.29, 1.82) is 0 Å². The predicted molar refractivity (Wildman–Crippen MR) is 93.8 cm³/mol. The highest BCUT2D eigenvalue weighted by atomic mass is 16.2. The first-order valence-corrected chi connectivity index (χ1v) is 8.38. The van der Waals surface area contributed by atoms with Gasteiger partial charge in [-0.15, -0.1) is 5.10 Å². The third kappa shape index (κ3) is 3.28. The highest BCUT2D eigenvalue weighted by Gasteiger charge is 2.32. The highest BCUT2D eigenvalue weighted by molar-refractivity contribution is 5.78. The minimum absolute atomic E-state index is 0.0833. The van der Waals surface area contributed by atoms with Gasteiger partial charge in [-0.1, -0.05) is 47.7 Å². The van der Waals surface area contributed by atoms with Gasteiger partial charge in [-0.3, -0.25) is 9.59 Å². The highest BCUT2D eigenvalue weighted by Crippen LogP contribution is 2.28. The van der Waals surface area contributed by atoms with Crippen molar-refractivity contribution in [1.82, 2.24) is 19.9 Å². The zero-order valence-corrected chi connectivity index (χ0v) is 13.7. The normalized spacial score (nSPS) is 13.8. The molecule has 0 bridgehead atoms. The largest absolute Gasteiger partial charge is 0.334 e. The molecule has 0 unspecified atom stereocenters. The van der Waals surface area contributed by atoms with Crippen LogP contribution in [0.4, 0.5) is 0 Å². The van der Waals surface area contributed by atoms with Crippen LogP contribution in [0.15, 0.2) is 59.4 Å². The maximum absolute atomic E-state index is 12.8. The number of rotatable bonds is 5. The van der Waals surface area contributed by atoms with Gasteiger partial charge in [0.2, 0.25) is 5.91 Å². The topological polar surface area (TPSA) is 68.1 Å². The summed E-state index contributed by atoms with van der Waals surface area (Å²) >= 11 is 0. The van der Waals surface area contributed by atoms with Crippen molar-refractivity contribution < 1.29 is 4.79 Å². The minimum atomic E-state index is -0.283. The Labute approximate surface area is 144 Å². The molecule has 0 atom stereocenters. The lowest BCUT2D eigenvalue weighted by molar-refractivity contribution is -0.133. The van der Waals surface area contributed by atoms with Gasteiger partial charge in [0.05, 0.1) is 5.39 Å². The third-order valence-corrected chi connectivity index (χ3v) is 4.42. The van der Waals surface area contributed by atoms with Crippen LogP contribution < -0.4 is 5.56 Å². The quantitative estimate of drug-likeness (QED) is 0.715. The van der Waals surface area contributed by atoms with Gasteiger partial charge in [0.15, 0.2) is 0 Å². The van der Waals surface area contributed by atoms with Crippen molar-refractivity contribution in [2.75, 3.05) is 0 Å². The Morgan fingerprint density at radius 2 is 1.80 bits per heavy atom. The zero-order chi connectivity index (χ0) is 17.2. The molecule has 1 heterocycles. The lowest BCUT2D eigenvalue weighted by atomic mass is 10.2. The summed E-state index contributed by atoms with van der Waals surface area (Å²) in [7, 11) is 0. The van der Waals surface area contributed by atoms with E-state index < -0.39 is 0 Å². The van der Waals surface area contributed by atoms with Gasteiger partial charge < -0.3 is 4.90 Å². The van der Waals surface area contributed by atoms with Crippen LogP contribution in [0.3, 0.4) is 0 Å². The number of hydrogen-bond acceptors (Lipinski definition) is 4. The molecule has 0 radical (unpaired) electrons. The maximum Gasteiger partial charge on any atom is 0.278 e. The molecule has 25 heavy (non-hydrogen) atoms. The number of hydrogen-bond donors (Lipinski definition) is 0. The molecule has 1 amide bonds. The molecule has 6 nitrogen and oxygen atoms in total. The van der Waals surface area contributed by atoms with E-state index in [1.54, 1.807) is 24.3 Å². The average molecular weight is 334 g/mol. The second kappa shape index (κ2) is 6.47. The molecule has 0 saturated heterocycles. The molecular weight excluding hydrogens is 316 g/mol. The number of nitrogens with zero attached hydrogens (tertiary/aromatic N) is 4. The standard InChI is InChI=1S/C19H18N4O2/c24-18(22(15-10-11-15)12-14-6-2-1-3-7-14)13-23-19(25)16-8-4-5-9-17(16)20-21-23/h1-9,15H,10-13H2. The van der Waals surface area contributed by atoms with E-state index in [1.165, 1.54) is 0 Å². The monoisotopic (exact) mass is 334 g/mol. The number of fused-ring (bicyclic) bond motifs is 1. The van der Waals surface area contributed by atoms with Crippen LogP contribution in [-0.2, 0) is 17.9 Å². The molecule has 2 aromatic carbocycles. The van der Waals surface area contributed by atoms with Crippen molar-refractivity contribution in [3.8, 4) is 0 Å². The number of aromatic nitrogens is 3. The maximum atomic E-state index is 12.8. The van der Waals surface area contributed by atoms with Crippen LogP contribution in [0.25, 0.3) is 10.9 Å². The summed E-state index contributed by atoms with van der Waals surface area (Å²) < 4.78 is 1.16. The average Bonchev–Trinajstić information content (AvgIpc) is 3.48. The molecule has 1 fully saturated rings. The Kier molecular flexibility index (Phi) is 4.01. The van der Waals surface area contributed by atoms with Crippen molar-refractivity contribution in [2.24, 2.45) is 0 Å². The smallest absolute Gasteiger partial charge is 0.278 e. The van der Waals surface area contributed by atoms with E-state index in [4.69, 9.17) is 0 Å². The molecular formula is C19H18N4O2. The summed E-state index contributed by atoms with van der Waals surface area (Å²) in [4.78, 5) is 27.2. The van der Waals surface area contributed by atoms with Crippen LogP contribution in [-0.4, -0.2) is 31.8 Å². The number of benzene rings is 2. The lowest BCUT2D eigenvalue weighted by Crippen LogP contribution is -2.38. The second-order valence-electron chi connectivity index (χ2n) is 6.31. The van der Waals surface area contributed by atoms with Crippen molar-refractivity contribution in [2.45, 2.75) is 32.0 Å². The van der Waals surface area contributed by atoms with Crippen molar-refractivity contribution in [3.05, 3.63) is 70.5 Å². The summed E-state index contributed by atoms with van der Waals surface area (Å²) in [6.07, 6.45) is 2.02. The van der Waals surface area contributed by atoms with Crippen LogP contribution >= 0.6 is 0 Å². The van der Waals surface area contributed by atoms with Gasteiger partial charge in [-0.25, -0.2) is 4.68 Å². The van der Waals surface area contributed by atoms with Crippen molar-refractivity contribution in [3.63, 3.8) is 0 Å². The summed E-state index contributed by atoms with van der Waals surface area (Å²) in [6.45, 7) is 0.472. The lowest BCUT2D eigenvalue weighted by Gasteiger charge is -2.22. The minimum Gasteiger partial charge on any atom is -0.334 e. The first-order chi connectivity index (χ1) is 12.2. The number of carbonyl (C=O) groups is 1. The fourth-order valence-electron chi connectivity index (χ4n) is 2.93. The van der Waals surface area contributed by atoms with E-state index in [9.17, 15) is 9.59 Å². The molecule has 0 spiro atoms. The van der Waals surface area contributed by atoms with Crippen LogP contribution in [0.5, 0.6) is 0 Å². The molecule has 1 aliphatic rings. The first-order valence-electron chi connectivity index (χ1n) is 8.38. The summed E-state index contributed by atoms with van der Waals surface area (Å²) in [5.74, 6) is -0.0990. The van der Waals surface area contributed by atoms with Crippen molar-refractivity contribution >= 4 is 16.8 Å². The Bertz CT molecular complexity index is 964. The second-order valence-corrected chi connectivity index (χ2v) is 6.31. The van der Waals surface area contributed by atoms with Gasteiger partial charge in [-0.2, -0.15) is 0 Å². The third-order valence-electron chi connectivity index (χ3n) is 4.42.